The second-order valence-corrected chi connectivity index (χ2v) is 3.88. The molecule has 0 amide bonds. The van der Waals surface area contributed by atoms with Crippen LogP contribution in [-0.4, -0.2) is 11.7 Å². The second-order valence-electron chi connectivity index (χ2n) is 2.34. The topological polar surface area (TPSA) is 17.1 Å². The molecule has 12 heavy (non-hydrogen) atoms. The number of hydrogen-bond acceptors (Lipinski definition) is 1. The number of hydrogen-bond donors (Lipinski definition) is 0. The van der Waals surface area contributed by atoms with Gasteiger partial charge in [0.05, 0.1) is 0 Å². The Labute approximate surface area is 90.3 Å². The van der Waals surface area contributed by atoms with Crippen molar-refractivity contribution < 1.29 is 4.79 Å². The van der Waals surface area contributed by atoms with Gasteiger partial charge < -0.3 is 0 Å². The Balaban J connectivity index is 2.87. The third-order valence-electron chi connectivity index (χ3n) is 1.50. The largest absolute Gasteiger partial charge is 0.294 e. The van der Waals surface area contributed by atoms with Gasteiger partial charge in [0.15, 0.2) is 5.78 Å². The average Bonchev–Trinajstić information content (AvgIpc) is 2.05. The van der Waals surface area contributed by atoms with Crippen LogP contribution >= 0.6 is 34.2 Å². The van der Waals surface area contributed by atoms with E-state index in [1.807, 2.05) is 24.3 Å². The van der Waals surface area contributed by atoms with Crippen LogP contribution in [0.4, 0.5) is 0 Å². The first kappa shape index (κ1) is 9.99. The highest BCUT2D eigenvalue weighted by Crippen LogP contribution is 2.13. The lowest BCUT2D eigenvalue weighted by Gasteiger charge is -2.00. The molecule has 0 fully saturated rings. The van der Waals surface area contributed by atoms with Crippen LogP contribution in [0, 0.1) is 3.57 Å². The van der Waals surface area contributed by atoms with Crippen molar-refractivity contribution in [2.24, 2.45) is 0 Å². The van der Waals surface area contributed by atoms with Gasteiger partial charge in [-0.15, -0.1) is 11.6 Å². The van der Waals surface area contributed by atoms with Crippen LogP contribution in [0.15, 0.2) is 24.3 Å². The first-order valence-electron chi connectivity index (χ1n) is 3.59. The van der Waals surface area contributed by atoms with Crippen LogP contribution < -0.4 is 0 Å². The first-order valence-corrected chi connectivity index (χ1v) is 5.20. The normalized spacial score (nSPS) is 9.83. The zero-order valence-corrected chi connectivity index (χ0v) is 9.30. The lowest BCUT2D eigenvalue weighted by atomic mass is 10.1. The molecule has 1 nitrogen and oxygen atoms in total. The third kappa shape index (κ3) is 2.45. The Kier molecular flexibility index (Phi) is 4.01. The van der Waals surface area contributed by atoms with E-state index in [4.69, 9.17) is 11.6 Å². The molecule has 1 aromatic rings. The van der Waals surface area contributed by atoms with Gasteiger partial charge in [0.25, 0.3) is 0 Å². The van der Waals surface area contributed by atoms with Gasteiger partial charge in [0.1, 0.15) is 0 Å². The van der Waals surface area contributed by atoms with Crippen molar-refractivity contribution in [2.45, 2.75) is 6.42 Å². The highest BCUT2D eigenvalue weighted by atomic mass is 127. The van der Waals surface area contributed by atoms with Crippen molar-refractivity contribution in [3.63, 3.8) is 0 Å². The van der Waals surface area contributed by atoms with Crippen LogP contribution in [-0.2, 0) is 0 Å². The minimum atomic E-state index is 0.120. The Morgan fingerprint density at radius 2 is 2.08 bits per heavy atom. The van der Waals surface area contributed by atoms with Crippen molar-refractivity contribution in [3.8, 4) is 0 Å². The van der Waals surface area contributed by atoms with Gasteiger partial charge in [0.2, 0.25) is 0 Å². The summed E-state index contributed by atoms with van der Waals surface area (Å²) in [5, 5.41) is 0. The van der Waals surface area contributed by atoms with Crippen LogP contribution in [0.3, 0.4) is 0 Å². The summed E-state index contributed by atoms with van der Waals surface area (Å²) in [6, 6.07) is 7.53. The number of carbonyl (C=O) groups excluding carboxylic acids is 1. The molecular formula is C9H8ClIO. The Bertz CT molecular complexity index is 286. The van der Waals surface area contributed by atoms with Crippen LogP contribution in [0.25, 0.3) is 0 Å². The van der Waals surface area contributed by atoms with Crippen LogP contribution in [0.2, 0.25) is 0 Å². The Hall–Kier alpha value is -0.0900. The molecule has 0 heterocycles. The number of carbonyl (C=O) groups is 1. The monoisotopic (exact) mass is 294 g/mol. The zero-order valence-electron chi connectivity index (χ0n) is 6.39. The maximum absolute atomic E-state index is 11.4. The van der Waals surface area contributed by atoms with Crippen LogP contribution in [0.1, 0.15) is 16.8 Å². The van der Waals surface area contributed by atoms with E-state index in [-0.39, 0.29) is 5.78 Å². The zero-order chi connectivity index (χ0) is 8.97. The minimum absolute atomic E-state index is 0.120. The predicted molar refractivity (Wildman–Crippen MR) is 58.8 cm³/mol. The molecule has 0 N–H and O–H groups in total. The number of benzene rings is 1. The van der Waals surface area contributed by atoms with Crippen molar-refractivity contribution in [1.29, 1.82) is 0 Å². The number of rotatable bonds is 3. The fraction of sp³-hybridized carbons (Fsp3) is 0.222. The molecule has 0 aromatic heterocycles. The van der Waals surface area contributed by atoms with Gasteiger partial charge in [-0.05, 0) is 28.7 Å². The Morgan fingerprint density at radius 1 is 1.42 bits per heavy atom. The molecule has 1 rings (SSSR count). The van der Waals surface area contributed by atoms with Gasteiger partial charge in [-0.1, -0.05) is 18.2 Å². The highest BCUT2D eigenvalue weighted by Gasteiger charge is 2.07. The van der Waals surface area contributed by atoms with E-state index in [2.05, 4.69) is 22.6 Å². The fourth-order valence-corrected chi connectivity index (χ4v) is 1.77. The van der Waals surface area contributed by atoms with Gasteiger partial charge in [-0.3, -0.25) is 4.79 Å². The quantitative estimate of drug-likeness (QED) is 0.476. The molecule has 0 aliphatic carbocycles. The SMILES string of the molecule is O=C(CCCl)c1ccccc1I. The highest BCUT2D eigenvalue weighted by molar-refractivity contribution is 14.1. The van der Waals surface area contributed by atoms with E-state index in [1.54, 1.807) is 0 Å². The van der Waals surface area contributed by atoms with Gasteiger partial charge >= 0.3 is 0 Å². The molecular weight excluding hydrogens is 286 g/mol. The summed E-state index contributed by atoms with van der Waals surface area (Å²) in [5.74, 6) is 0.513. The van der Waals surface area contributed by atoms with Crippen molar-refractivity contribution in [1.82, 2.24) is 0 Å². The Morgan fingerprint density at radius 3 is 2.67 bits per heavy atom. The molecule has 0 atom stereocenters. The summed E-state index contributed by atoms with van der Waals surface area (Å²) in [7, 11) is 0. The molecule has 0 unspecified atom stereocenters. The third-order valence-corrected chi connectivity index (χ3v) is 2.63. The number of alkyl halides is 1. The molecule has 0 bridgehead atoms. The molecule has 0 aliphatic heterocycles. The summed E-state index contributed by atoms with van der Waals surface area (Å²) < 4.78 is 0.991. The summed E-state index contributed by atoms with van der Waals surface area (Å²) in [4.78, 5) is 11.4. The summed E-state index contributed by atoms with van der Waals surface area (Å²) in [5.41, 5.74) is 0.777. The van der Waals surface area contributed by atoms with Crippen LogP contribution in [0.5, 0.6) is 0 Å². The molecule has 0 radical (unpaired) electrons. The molecule has 1 aromatic carbocycles. The molecule has 0 saturated carbocycles. The minimum Gasteiger partial charge on any atom is -0.294 e. The van der Waals surface area contributed by atoms with Crippen molar-refractivity contribution >= 4 is 40.0 Å². The molecule has 3 heteroatoms. The fourth-order valence-electron chi connectivity index (χ4n) is 0.908. The molecule has 0 saturated heterocycles. The predicted octanol–water partition coefficient (Wildman–Crippen LogP) is 3.10. The smallest absolute Gasteiger partial charge is 0.165 e. The molecule has 0 spiro atoms. The van der Waals surface area contributed by atoms with Crippen molar-refractivity contribution in [3.05, 3.63) is 33.4 Å². The summed E-state index contributed by atoms with van der Waals surface area (Å²) >= 11 is 7.63. The maximum atomic E-state index is 11.4. The van der Waals surface area contributed by atoms with E-state index >= 15 is 0 Å². The number of halogens is 2. The lowest BCUT2D eigenvalue weighted by Crippen LogP contribution is -2.01. The van der Waals surface area contributed by atoms with E-state index in [0.717, 1.165) is 9.13 Å². The average molecular weight is 295 g/mol. The first-order chi connectivity index (χ1) is 5.75. The summed E-state index contributed by atoms with van der Waals surface area (Å²) in [6.07, 6.45) is 0.418. The van der Waals surface area contributed by atoms with Gasteiger partial charge in [0, 0.05) is 21.4 Å². The van der Waals surface area contributed by atoms with Gasteiger partial charge in [-0.2, -0.15) is 0 Å². The van der Waals surface area contributed by atoms with E-state index in [1.165, 1.54) is 0 Å². The van der Waals surface area contributed by atoms with Crippen molar-refractivity contribution in [2.75, 3.05) is 5.88 Å². The summed E-state index contributed by atoms with van der Waals surface area (Å²) in [6.45, 7) is 0. The molecule has 0 aliphatic rings. The maximum Gasteiger partial charge on any atom is 0.165 e. The number of Topliss-reactive ketones (excluding diaryl/α,β-unsaturated/α-hetero) is 1. The van der Waals surface area contributed by atoms with E-state index in [9.17, 15) is 4.79 Å². The van der Waals surface area contributed by atoms with E-state index in [0.29, 0.717) is 12.3 Å². The van der Waals surface area contributed by atoms with E-state index < -0.39 is 0 Å². The standard InChI is InChI=1S/C9H8ClIO/c10-6-5-9(12)7-3-1-2-4-8(7)11/h1-4H,5-6H2. The van der Waals surface area contributed by atoms with Gasteiger partial charge in [-0.25, -0.2) is 0 Å². The lowest BCUT2D eigenvalue weighted by molar-refractivity contribution is 0.0988. The molecule has 64 valence electrons. The number of ketones is 1. The second kappa shape index (κ2) is 4.82.